The van der Waals surface area contributed by atoms with Crippen LogP contribution in [0.25, 0.3) is 0 Å². The van der Waals surface area contributed by atoms with Crippen LogP contribution in [0.15, 0.2) is 60.7 Å². The lowest BCUT2D eigenvalue weighted by Crippen LogP contribution is -2.61. The highest BCUT2D eigenvalue weighted by Crippen LogP contribution is 2.43. The van der Waals surface area contributed by atoms with Gasteiger partial charge in [-0.05, 0) is 24.0 Å². The van der Waals surface area contributed by atoms with Crippen LogP contribution in [0.4, 0.5) is 4.79 Å². The van der Waals surface area contributed by atoms with Gasteiger partial charge in [-0.15, -0.1) is 0 Å². The number of carbonyl (C=O) groups is 1. The molecule has 2 aliphatic heterocycles. The number of ether oxygens (including phenoxy) is 1. The van der Waals surface area contributed by atoms with E-state index in [1.54, 1.807) is 0 Å². The predicted octanol–water partition coefficient (Wildman–Crippen LogP) is 4.36. The highest BCUT2D eigenvalue weighted by Gasteiger charge is 2.49. The lowest BCUT2D eigenvalue weighted by Gasteiger charge is -2.50. The van der Waals surface area contributed by atoms with E-state index in [2.05, 4.69) is 65.3 Å². The number of nitrogens with zero attached hydrogens (tertiary/aromatic N) is 2. The Kier molecular flexibility index (Phi) is 6.04. The highest BCUT2D eigenvalue weighted by molar-refractivity contribution is 8.14. The van der Waals surface area contributed by atoms with Crippen LogP contribution in [-0.2, 0) is 16.8 Å². The Hall–Kier alpha value is -1.82. The molecule has 5 heteroatoms. The van der Waals surface area contributed by atoms with Crippen LogP contribution >= 0.6 is 11.8 Å². The molecule has 0 aliphatic carbocycles. The van der Waals surface area contributed by atoms with E-state index >= 15 is 0 Å². The third-order valence-electron chi connectivity index (χ3n) is 5.89. The van der Waals surface area contributed by atoms with Gasteiger partial charge in [-0.25, -0.2) is 0 Å². The van der Waals surface area contributed by atoms with Crippen molar-refractivity contribution < 1.29 is 9.53 Å². The van der Waals surface area contributed by atoms with Crippen molar-refractivity contribution in [1.82, 2.24) is 9.80 Å². The quantitative estimate of drug-likeness (QED) is 0.726. The molecule has 2 atom stereocenters. The maximum absolute atomic E-state index is 13.2. The van der Waals surface area contributed by atoms with Crippen molar-refractivity contribution in [2.24, 2.45) is 0 Å². The molecule has 2 aromatic rings. The lowest BCUT2D eigenvalue weighted by molar-refractivity contribution is -0.0860. The fraction of sp³-hybridized carbons (Fsp3) is 0.435. The second-order valence-electron chi connectivity index (χ2n) is 7.44. The molecule has 1 amide bonds. The van der Waals surface area contributed by atoms with Gasteiger partial charge in [-0.2, -0.15) is 0 Å². The van der Waals surface area contributed by atoms with E-state index in [1.807, 2.05) is 12.1 Å². The summed E-state index contributed by atoms with van der Waals surface area (Å²) >= 11 is 1.50. The summed E-state index contributed by atoms with van der Waals surface area (Å²) < 4.78 is 5.61. The van der Waals surface area contributed by atoms with Gasteiger partial charge in [0.2, 0.25) is 0 Å². The summed E-state index contributed by atoms with van der Waals surface area (Å²) in [6.07, 6.45) is 1.78. The molecule has 4 nitrogen and oxygen atoms in total. The summed E-state index contributed by atoms with van der Waals surface area (Å²) in [6.45, 7) is 6.11. The molecule has 2 aliphatic rings. The van der Waals surface area contributed by atoms with Crippen LogP contribution in [0.5, 0.6) is 0 Å². The van der Waals surface area contributed by atoms with Crippen molar-refractivity contribution in [2.45, 2.75) is 30.7 Å². The van der Waals surface area contributed by atoms with E-state index < -0.39 is 5.66 Å². The molecule has 2 unspecified atom stereocenters. The van der Waals surface area contributed by atoms with Crippen LogP contribution in [-0.4, -0.2) is 53.1 Å². The third kappa shape index (κ3) is 3.71. The topological polar surface area (TPSA) is 32.8 Å². The summed E-state index contributed by atoms with van der Waals surface area (Å²) in [5, 5.41) is 0.476. The second-order valence-corrected chi connectivity index (χ2v) is 8.69. The Morgan fingerprint density at radius 2 is 1.68 bits per heavy atom. The van der Waals surface area contributed by atoms with Crippen molar-refractivity contribution in [2.75, 3.05) is 32.8 Å². The second kappa shape index (κ2) is 8.68. The van der Waals surface area contributed by atoms with Crippen molar-refractivity contribution in [3.8, 4) is 0 Å². The predicted molar refractivity (Wildman–Crippen MR) is 114 cm³/mol. The number of benzene rings is 2. The Morgan fingerprint density at radius 1 is 1.04 bits per heavy atom. The number of amides is 1. The van der Waals surface area contributed by atoms with Crippen molar-refractivity contribution >= 4 is 17.0 Å². The normalized spacial score (nSPS) is 23.0. The summed E-state index contributed by atoms with van der Waals surface area (Å²) in [4.78, 5) is 17.8. The molecular weight excluding hydrogens is 368 g/mol. The number of hydrogen-bond acceptors (Lipinski definition) is 4. The number of rotatable bonds is 6. The Labute approximate surface area is 171 Å². The van der Waals surface area contributed by atoms with Crippen molar-refractivity contribution in [3.63, 3.8) is 0 Å². The largest absolute Gasteiger partial charge is 0.379 e. The molecule has 2 heterocycles. The maximum atomic E-state index is 13.2. The standard InChI is InChI=1S/C23H28N2O2S/c1-2-23(20-11-7-4-8-12-20,24-13-15-27-16-14-24)25-18-21(28-22(25)26)17-19-9-5-3-6-10-19/h3-12,21H,2,13-18H2,1H3. The minimum absolute atomic E-state index is 0.193. The van der Waals surface area contributed by atoms with Crippen LogP contribution in [0, 0.1) is 0 Å². The molecule has 0 saturated carbocycles. The monoisotopic (exact) mass is 396 g/mol. The first-order chi connectivity index (χ1) is 13.7. The first-order valence-corrected chi connectivity index (χ1v) is 11.0. The third-order valence-corrected chi connectivity index (χ3v) is 6.96. The molecule has 28 heavy (non-hydrogen) atoms. The zero-order valence-electron chi connectivity index (χ0n) is 16.4. The summed E-state index contributed by atoms with van der Waals surface area (Å²) in [7, 11) is 0. The lowest BCUT2D eigenvalue weighted by atomic mass is 9.91. The van der Waals surface area contributed by atoms with Gasteiger partial charge in [0, 0.05) is 24.9 Å². The Bertz CT molecular complexity index is 780. The molecule has 0 spiro atoms. The van der Waals surface area contributed by atoms with E-state index in [0.717, 1.165) is 45.7 Å². The van der Waals surface area contributed by atoms with Gasteiger partial charge >= 0.3 is 0 Å². The van der Waals surface area contributed by atoms with Gasteiger partial charge < -0.3 is 9.64 Å². The Morgan fingerprint density at radius 3 is 2.32 bits per heavy atom. The van der Waals surface area contributed by atoms with Gasteiger partial charge in [0.1, 0.15) is 5.66 Å². The molecule has 0 N–H and O–H groups in total. The van der Waals surface area contributed by atoms with Crippen LogP contribution < -0.4 is 0 Å². The smallest absolute Gasteiger partial charge is 0.283 e. The first-order valence-electron chi connectivity index (χ1n) is 10.1. The fourth-order valence-corrected chi connectivity index (χ4v) is 5.71. The fourth-order valence-electron chi connectivity index (χ4n) is 4.57. The number of hydrogen-bond donors (Lipinski definition) is 0. The zero-order valence-corrected chi connectivity index (χ0v) is 17.2. The average molecular weight is 397 g/mol. The van der Waals surface area contributed by atoms with Crippen molar-refractivity contribution in [1.29, 1.82) is 0 Å². The van der Waals surface area contributed by atoms with Gasteiger partial charge in [0.25, 0.3) is 5.24 Å². The molecule has 0 bridgehead atoms. The molecule has 2 aromatic carbocycles. The minimum Gasteiger partial charge on any atom is -0.379 e. The molecule has 0 aromatic heterocycles. The van der Waals surface area contributed by atoms with Gasteiger partial charge in [-0.3, -0.25) is 9.69 Å². The van der Waals surface area contributed by atoms with Crippen LogP contribution in [0.3, 0.4) is 0 Å². The number of thioether (sulfide) groups is 1. The number of morpholine rings is 1. The summed E-state index contributed by atoms with van der Waals surface area (Å²) in [5.74, 6) is 0. The molecule has 4 rings (SSSR count). The Balaban J connectivity index is 1.65. The highest BCUT2D eigenvalue weighted by atomic mass is 32.2. The number of carbonyl (C=O) groups excluding carboxylic acids is 1. The van der Waals surface area contributed by atoms with Crippen LogP contribution in [0.2, 0.25) is 0 Å². The van der Waals surface area contributed by atoms with Gasteiger partial charge in [-0.1, -0.05) is 79.3 Å². The average Bonchev–Trinajstić information content (AvgIpc) is 3.12. The van der Waals surface area contributed by atoms with Gasteiger partial charge in [0.05, 0.1) is 13.2 Å². The van der Waals surface area contributed by atoms with E-state index in [1.165, 1.54) is 22.9 Å². The van der Waals surface area contributed by atoms with Crippen LogP contribution in [0.1, 0.15) is 24.5 Å². The summed E-state index contributed by atoms with van der Waals surface area (Å²) in [5.41, 5.74) is 2.09. The first kappa shape index (κ1) is 19.5. The van der Waals surface area contributed by atoms with E-state index in [9.17, 15) is 4.79 Å². The van der Waals surface area contributed by atoms with E-state index in [4.69, 9.17) is 4.74 Å². The molecule has 2 saturated heterocycles. The maximum Gasteiger partial charge on any atom is 0.283 e. The SMILES string of the molecule is CCC(c1ccccc1)(N1CCOCC1)N1CC(Cc2ccccc2)SC1=O. The van der Waals surface area contributed by atoms with Crippen molar-refractivity contribution in [3.05, 3.63) is 71.8 Å². The van der Waals surface area contributed by atoms with E-state index in [0.29, 0.717) is 0 Å². The van der Waals surface area contributed by atoms with E-state index in [-0.39, 0.29) is 10.5 Å². The minimum atomic E-state index is -0.402. The zero-order chi connectivity index (χ0) is 19.4. The molecule has 0 radical (unpaired) electrons. The summed E-state index contributed by atoms with van der Waals surface area (Å²) in [6, 6.07) is 21.0. The molecular formula is C23H28N2O2S. The molecule has 2 fully saturated rings. The molecule has 148 valence electrons. The van der Waals surface area contributed by atoms with Gasteiger partial charge in [0.15, 0.2) is 0 Å².